The topological polar surface area (TPSA) is 49.9 Å². The molecular weight excluding hydrogens is 451 g/mol. The molecular formula is C27H29FN2O3S. The first-order valence-electron chi connectivity index (χ1n) is 11.4. The van der Waals surface area contributed by atoms with Crippen molar-refractivity contribution in [2.45, 2.75) is 39.3 Å². The fourth-order valence-electron chi connectivity index (χ4n) is 4.17. The number of hydrogen-bond acceptors (Lipinski definition) is 4. The molecule has 0 spiro atoms. The van der Waals surface area contributed by atoms with Crippen molar-refractivity contribution in [3.8, 4) is 5.75 Å². The second-order valence-corrected chi connectivity index (χ2v) is 9.81. The number of rotatable bonds is 7. The van der Waals surface area contributed by atoms with E-state index in [2.05, 4.69) is 0 Å². The average Bonchev–Trinajstić information content (AvgIpc) is 3.31. The number of thiophene rings is 1. The summed E-state index contributed by atoms with van der Waals surface area (Å²) in [7, 11) is 0. The first-order valence-corrected chi connectivity index (χ1v) is 12.3. The van der Waals surface area contributed by atoms with Crippen molar-refractivity contribution in [1.82, 2.24) is 9.80 Å². The zero-order valence-corrected chi connectivity index (χ0v) is 20.5. The maximum absolute atomic E-state index is 13.5. The fourth-order valence-corrected chi connectivity index (χ4v) is 5.10. The Balaban J connectivity index is 1.52. The lowest BCUT2D eigenvalue weighted by Gasteiger charge is -2.37. The van der Waals surface area contributed by atoms with Gasteiger partial charge in [0.25, 0.3) is 5.91 Å². The number of fused-ring (bicyclic) bond motifs is 1. The van der Waals surface area contributed by atoms with E-state index in [0.29, 0.717) is 17.9 Å². The molecule has 0 radical (unpaired) electrons. The van der Waals surface area contributed by atoms with Gasteiger partial charge in [0.1, 0.15) is 24.7 Å². The van der Waals surface area contributed by atoms with E-state index >= 15 is 0 Å². The monoisotopic (exact) mass is 480 g/mol. The molecule has 0 saturated heterocycles. The Morgan fingerprint density at radius 1 is 1.12 bits per heavy atom. The Morgan fingerprint density at radius 2 is 1.82 bits per heavy atom. The summed E-state index contributed by atoms with van der Waals surface area (Å²) >= 11 is 1.68. The number of carbonyl (C=O) groups excluding carboxylic acids is 2. The van der Waals surface area contributed by atoms with E-state index in [0.717, 1.165) is 17.5 Å². The molecule has 0 bridgehead atoms. The average molecular weight is 481 g/mol. The van der Waals surface area contributed by atoms with E-state index in [1.54, 1.807) is 40.5 Å². The molecule has 2 amide bonds. The van der Waals surface area contributed by atoms with Crippen molar-refractivity contribution in [3.05, 3.63) is 87.4 Å². The second kappa shape index (κ2) is 10.4. The molecule has 1 aliphatic rings. The largest absolute Gasteiger partial charge is 0.491 e. The Morgan fingerprint density at radius 3 is 2.50 bits per heavy atom. The Bertz CT molecular complexity index is 1140. The van der Waals surface area contributed by atoms with Gasteiger partial charge in [0.15, 0.2) is 0 Å². The van der Waals surface area contributed by atoms with E-state index in [9.17, 15) is 14.0 Å². The van der Waals surface area contributed by atoms with Gasteiger partial charge in [-0.25, -0.2) is 4.39 Å². The summed E-state index contributed by atoms with van der Waals surface area (Å²) < 4.78 is 19.2. The van der Waals surface area contributed by atoms with Crippen LogP contribution in [-0.4, -0.2) is 47.4 Å². The summed E-state index contributed by atoms with van der Waals surface area (Å²) in [6.07, 6.45) is 0.777. The first kappa shape index (κ1) is 24.0. The molecule has 1 unspecified atom stereocenters. The highest BCUT2D eigenvalue weighted by Crippen LogP contribution is 2.34. The van der Waals surface area contributed by atoms with Crippen molar-refractivity contribution < 1.29 is 18.7 Å². The van der Waals surface area contributed by atoms with Crippen LogP contribution in [0.3, 0.4) is 0 Å². The predicted octanol–water partition coefficient (Wildman–Crippen LogP) is 5.25. The van der Waals surface area contributed by atoms with Gasteiger partial charge in [-0.2, -0.15) is 0 Å². The maximum atomic E-state index is 13.5. The van der Waals surface area contributed by atoms with Gasteiger partial charge in [0.05, 0.1) is 6.04 Å². The van der Waals surface area contributed by atoms with Crippen LogP contribution in [0.5, 0.6) is 5.75 Å². The van der Waals surface area contributed by atoms with Gasteiger partial charge >= 0.3 is 0 Å². The molecule has 1 aliphatic heterocycles. The van der Waals surface area contributed by atoms with Crippen LogP contribution in [0.25, 0.3) is 0 Å². The minimum absolute atomic E-state index is 0.00308. The minimum atomic E-state index is -0.325. The number of ether oxygens (including phenoxy) is 1. The van der Waals surface area contributed by atoms with Crippen LogP contribution in [0.15, 0.2) is 60.0 Å². The molecule has 2 aromatic carbocycles. The van der Waals surface area contributed by atoms with E-state index in [1.165, 1.54) is 17.0 Å². The highest BCUT2D eigenvalue weighted by atomic mass is 32.1. The van der Waals surface area contributed by atoms with E-state index in [-0.39, 0.29) is 42.9 Å². The molecule has 7 heteroatoms. The number of halogens is 1. The molecule has 0 saturated carbocycles. The first-order chi connectivity index (χ1) is 16.3. The Kier molecular flexibility index (Phi) is 7.32. The molecule has 5 nitrogen and oxygen atoms in total. The lowest BCUT2D eigenvalue weighted by molar-refractivity contribution is -0.136. The van der Waals surface area contributed by atoms with Crippen LogP contribution in [0, 0.1) is 12.7 Å². The highest BCUT2D eigenvalue weighted by molar-refractivity contribution is 7.10. The number of benzene rings is 2. The summed E-state index contributed by atoms with van der Waals surface area (Å²) in [5.74, 6) is -0.0436. The van der Waals surface area contributed by atoms with Crippen molar-refractivity contribution in [3.63, 3.8) is 0 Å². The third-order valence-electron chi connectivity index (χ3n) is 6.13. The normalized spacial score (nSPS) is 15.2. The molecule has 1 atom stereocenters. The summed E-state index contributed by atoms with van der Waals surface area (Å²) in [4.78, 5) is 31.4. The second-order valence-electron chi connectivity index (χ2n) is 8.81. The van der Waals surface area contributed by atoms with Gasteiger partial charge in [-0.1, -0.05) is 17.7 Å². The number of amides is 2. The minimum Gasteiger partial charge on any atom is -0.491 e. The van der Waals surface area contributed by atoms with Gasteiger partial charge in [-0.15, -0.1) is 11.3 Å². The maximum Gasteiger partial charge on any atom is 0.254 e. The zero-order chi connectivity index (χ0) is 24.2. The Hall–Kier alpha value is -3.19. The van der Waals surface area contributed by atoms with E-state index < -0.39 is 0 Å². The smallest absolute Gasteiger partial charge is 0.254 e. The fraction of sp³-hybridized carbons (Fsp3) is 0.333. The quantitative estimate of drug-likeness (QED) is 0.464. The molecule has 1 aromatic heterocycles. The molecule has 0 N–H and O–H groups in total. The lowest BCUT2D eigenvalue weighted by atomic mass is 10.00. The van der Waals surface area contributed by atoms with Gasteiger partial charge in [-0.3, -0.25) is 9.59 Å². The SMILES string of the molecule is Cc1ccc(C(=O)N(CC(=O)N2CCc3sccc3C2COc2ccc(F)cc2)C(C)C)cc1. The van der Waals surface area contributed by atoms with Crippen LogP contribution in [0.2, 0.25) is 0 Å². The Labute approximate surface area is 203 Å². The third kappa shape index (κ3) is 5.30. The number of nitrogens with zero attached hydrogens (tertiary/aromatic N) is 2. The number of hydrogen-bond donors (Lipinski definition) is 0. The van der Waals surface area contributed by atoms with Crippen molar-refractivity contribution in [1.29, 1.82) is 0 Å². The summed E-state index contributed by atoms with van der Waals surface area (Å²) in [6.45, 7) is 6.63. The number of aryl methyl sites for hydroxylation is 1. The predicted molar refractivity (Wildman–Crippen MR) is 132 cm³/mol. The zero-order valence-electron chi connectivity index (χ0n) is 19.7. The summed E-state index contributed by atoms with van der Waals surface area (Å²) in [5, 5.41) is 2.03. The van der Waals surface area contributed by atoms with Crippen molar-refractivity contribution in [2.24, 2.45) is 0 Å². The van der Waals surface area contributed by atoms with E-state index in [1.807, 2.05) is 49.3 Å². The van der Waals surface area contributed by atoms with Crippen LogP contribution in [0.1, 0.15) is 46.3 Å². The molecule has 3 aromatic rings. The molecule has 34 heavy (non-hydrogen) atoms. The third-order valence-corrected chi connectivity index (χ3v) is 7.12. The molecule has 178 valence electrons. The van der Waals surface area contributed by atoms with Crippen molar-refractivity contribution >= 4 is 23.2 Å². The molecule has 4 rings (SSSR count). The van der Waals surface area contributed by atoms with E-state index in [4.69, 9.17) is 4.74 Å². The lowest BCUT2D eigenvalue weighted by Crippen LogP contribution is -2.49. The van der Waals surface area contributed by atoms with Crippen LogP contribution in [-0.2, 0) is 11.2 Å². The molecule has 0 fully saturated rings. The molecule has 0 aliphatic carbocycles. The van der Waals surface area contributed by atoms with Crippen LogP contribution in [0.4, 0.5) is 4.39 Å². The van der Waals surface area contributed by atoms with Crippen LogP contribution < -0.4 is 4.74 Å². The summed E-state index contributed by atoms with van der Waals surface area (Å²) in [5.41, 5.74) is 2.72. The van der Waals surface area contributed by atoms with Gasteiger partial charge in [0.2, 0.25) is 5.91 Å². The molecule has 2 heterocycles. The van der Waals surface area contributed by atoms with Crippen LogP contribution >= 0.6 is 11.3 Å². The number of carbonyl (C=O) groups is 2. The van der Waals surface area contributed by atoms with Gasteiger partial charge in [-0.05, 0) is 80.6 Å². The summed E-state index contributed by atoms with van der Waals surface area (Å²) in [6, 6.07) is 14.9. The van der Waals surface area contributed by atoms with Gasteiger partial charge in [0, 0.05) is 23.0 Å². The van der Waals surface area contributed by atoms with Crippen molar-refractivity contribution in [2.75, 3.05) is 19.7 Å². The highest BCUT2D eigenvalue weighted by Gasteiger charge is 2.34. The standard InChI is InChI=1S/C27H29FN2O3S/c1-18(2)30(27(32)20-6-4-19(3)5-7-20)16-26(31)29-14-12-25-23(13-15-34-25)24(29)17-33-22-10-8-21(28)9-11-22/h4-11,13,15,18,24H,12,14,16-17H2,1-3H3. The van der Waals surface area contributed by atoms with Gasteiger partial charge < -0.3 is 14.5 Å².